The highest BCUT2D eigenvalue weighted by atomic mass is 15.2. The predicted octanol–water partition coefficient (Wildman–Crippen LogP) is 3.19. The fraction of sp³-hybridized carbons (Fsp3) is 0.471. The minimum absolute atomic E-state index is 0.862. The van der Waals surface area contributed by atoms with Crippen LogP contribution in [0.5, 0.6) is 0 Å². The largest absolute Gasteiger partial charge is 0.359 e. The lowest BCUT2D eigenvalue weighted by atomic mass is 9.85. The van der Waals surface area contributed by atoms with Crippen LogP contribution in [-0.2, 0) is 6.54 Å². The molecule has 3 heteroatoms. The van der Waals surface area contributed by atoms with Crippen molar-refractivity contribution in [1.82, 2.24) is 10.3 Å². The molecule has 0 bridgehead atoms. The van der Waals surface area contributed by atoms with Gasteiger partial charge in [-0.05, 0) is 43.5 Å². The van der Waals surface area contributed by atoms with Crippen molar-refractivity contribution in [2.75, 3.05) is 25.5 Å². The third-order valence-corrected chi connectivity index (χ3v) is 4.30. The van der Waals surface area contributed by atoms with E-state index in [1.807, 2.05) is 7.05 Å². The van der Waals surface area contributed by atoms with Crippen molar-refractivity contribution in [1.29, 1.82) is 0 Å². The maximum absolute atomic E-state index is 4.83. The number of para-hydroxylation sites is 1. The van der Waals surface area contributed by atoms with E-state index in [2.05, 4.69) is 47.6 Å². The van der Waals surface area contributed by atoms with E-state index in [9.17, 15) is 0 Å². The van der Waals surface area contributed by atoms with Crippen molar-refractivity contribution in [3.63, 3.8) is 0 Å². The second kappa shape index (κ2) is 5.80. The average molecular weight is 269 g/mol. The minimum Gasteiger partial charge on any atom is -0.359 e. The summed E-state index contributed by atoms with van der Waals surface area (Å²) in [6.45, 7) is 2.01. The quantitative estimate of drug-likeness (QED) is 0.903. The Morgan fingerprint density at radius 3 is 2.80 bits per heavy atom. The van der Waals surface area contributed by atoms with Gasteiger partial charge in [-0.25, -0.2) is 4.98 Å². The van der Waals surface area contributed by atoms with Crippen LogP contribution in [0.3, 0.4) is 0 Å². The third kappa shape index (κ3) is 2.63. The molecule has 0 unspecified atom stereocenters. The Labute approximate surface area is 121 Å². The molecule has 3 rings (SSSR count). The van der Waals surface area contributed by atoms with Crippen molar-refractivity contribution in [3.8, 4) is 0 Å². The van der Waals surface area contributed by atoms with Crippen molar-refractivity contribution in [2.45, 2.75) is 25.8 Å². The highest BCUT2D eigenvalue weighted by Gasteiger charge is 2.20. The van der Waals surface area contributed by atoms with Crippen molar-refractivity contribution in [2.24, 2.45) is 5.92 Å². The van der Waals surface area contributed by atoms with Gasteiger partial charge in [-0.15, -0.1) is 0 Å². The Bertz CT molecular complexity index is 590. The van der Waals surface area contributed by atoms with Gasteiger partial charge in [-0.2, -0.15) is 0 Å². The van der Waals surface area contributed by atoms with Crippen LogP contribution in [0.2, 0.25) is 0 Å². The summed E-state index contributed by atoms with van der Waals surface area (Å²) >= 11 is 0. The molecular formula is C17H23N3. The summed E-state index contributed by atoms with van der Waals surface area (Å²) < 4.78 is 0. The van der Waals surface area contributed by atoms with Crippen LogP contribution in [0.4, 0.5) is 5.82 Å². The van der Waals surface area contributed by atoms with Gasteiger partial charge in [0.2, 0.25) is 0 Å². The van der Waals surface area contributed by atoms with Crippen LogP contribution < -0.4 is 10.2 Å². The minimum atomic E-state index is 0.862. The van der Waals surface area contributed by atoms with Gasteiger partial charge < -0.3 is 10.2 Å². The number of rotatable bonds is 5. The van der Waals surface area contributed by atoms with Gasteiger partial charge in [0.1, 0.15) is 5.82 Å². The zero-order chi connectivity index (χ0) is 13.9. The molecule has 1 aromatic carbocycles. The van der Waals surface area contributed by atoms with E-state index in [-0.39, 0.29) is 0 Å². The van der Waals surface area contributed by atoms with Gasteiger partial charge >= 0.3 is 0 Å². The Balaban J connectivity index is 1.93. The van der Waals surface area contributed by atoms with Gasteiger partial charge in [-0.3, -0.25) is 0 Å². The standard InChI is InChI=1S/C17H23N3/c1-18-11-14-10-17(20(2)12-13-6-5-7-13)19-16-9-4-3-8-15(14)16/h3-4,8-10,13,18H,5-7,11-12H2,1-2H3. The van der Waals surface area contributed by atoms with Gasteiger partial charge in [-0.1, -0.05) is 24.6 Å². The maximum atomic E-state index is 4.83. The molecule has 0 amide bonds. The van der Waals surface area contributed by atoms with Gasteiger partial charge in [0.05, 0.1) is 5.52 Å². The summed E-state index contributed by atoms with van der Waals surface area (Å²) in [4.78, 5) is 7.14. The molecule has 106 valence electrons. The lowest BCUT2D eigenvalue weighted by Crippen LogP contribution is -2.30. The molecule has 1 N–H and O–H groups in total. The fourth-order valence-electron chi connectivity index (χ4n) is 2.92. The van der Waals surface area contributed by atoms with Gasteiger partial charge in [0.15, 0.2) is 0 Å². The molecule has 0 spiro atoms. The first-order valence-corrected chi connectivity index (χ1v) is 7.52. The zero-order valence-corrected chi connectivity index (χ0v) is 12.4. The Morgan fingerprint density at radius 2 is 2.10 bits per heavy atom. The summed E-state index contributed by atoms with van der Waals surface area (Å²) in [5.41, 5.74) is 2.42. The van der Waals surface area contributed by atoms with E-state index >= 15 is 0 Å². The molecule has 1 saturated carbocycles. The van der Waals surface area contributed by atoms with Crippen molar-refractivity contribution < 1.29 is 0 Å². The molecule has 1 aliphatic carbocycles. The zero-order valence-electron chi connectivity index (χ0n) is 12.4. The summed E-state index contributed by atoms with van der Waals surface area (Å²) in [5, 5.41) is 4.51. The molecule has 0 aliphatic heterocycles. The second-order valence-corrected chi connectivity index (χ2v) is 5.86. The molecule has 0 saturated heterocycles. The Morgan fingerprint density at radius 1 is 1.30 bits per heavy atom. The van der Waals surface area contributed by atoms with E-state index < -0.39 is 0 Å². The third-order valence-electron chi connectivity index (χ3n) is 4.30. The van der Waals surface area contributed by atoms with Crippen LogP contribution in [-0.4, -0.2) is 25.6 Å². The molecule has 3 nitrogen and oxygen atoms in total. The highest BCUT2D eigenvalue weighted by molar-refractivity contribution is 5.84. The van der Waals surface area contributed by atoms with Crippen LogP contribution in [0.1, 0.15) is 24.8 Å². The molecule has 1 aromatic heterocycles. The topological polar surface area (TPSA) is 28.2 Å². The first kappa shape index (κ1) is 13.4. The molecule has 1 heterocycles. The van der Waals surface area contributed by atoms with Crippen LogP contribution in [0, 0.1) is 5.92 Å². The monoisotopic (exact) mass is 269 g/mol. The summed E-state index contributed by atoms with van der Waals surface area (Å²) in [7, 11) is 4.16. The number of benzene rings is 1. The molecule has 2 aromatic rings. The lowest BCUT2D eigenvalue weighted by molar-refractivity contribution is 0.321. The van der Waals surface area contributed by atoms with Crippen molar-refractivity contribution >= 4 is 16.7 Å². The summed E-state index contributed by atoms with van der Waals surface area (Å²) in [6, 6.07) is 10.6. The summed E-state index contributed by atoms with van der Waals surface area (Å²) in [6.07, 6.45) is 4.15. The molecule has 20 heavy (non-hydrogen) atoms. The number of fused-ring (bicyclic) bond motifs is 1. The number of anilines is 1. The van der Waals surface area contributed by atoms with E-state index in [0.717, 1.165) is 30.3 Å². The number of nitrogens with one attached hydrogen (secondary N) is 1. The molecule has 1 aliphatic rings. The van der Waals surface area contributed by atoms with Crippen molar-refractivity contribution in [3.05, 3.63) is 35.9 Å². The molecule has 1 fully saturated rings. The smallest absolute Gasteiger partial charge is 0.129 e. The van der Waals surface area contributed by atoms with Crippen LogP contribution >= 0.6 is 0 Å². The fourth-order valence-corrected chi connectivity index (χ4v) is 2.92. The van der Waals surface area contributed by atoms with E-state index in [1.54, 1.807) is 0 Å². The molecular weight excluding hydrogens is 246 g/mol. The average Bonchev–Trinajstić information content (AvgIpc) is 2.43. The Hall–Kier alpha value is -1.61. The Kier molecular flexibility index (Phi) is 3.88. The predicted molar refractivity (Wildman–Crippen MR) is 85.1 cm³/mol. The highest BCUT2D eigenvalue weighted by Crippen LogP contribution is 2.29. The van der Waals surface area contributed by atoms with Crippen LogP contribution in [0.15, 0.2) is 30.3 Å². The summed E-state index contributed by atoms with van der Waals surface area (Å²) in [5.74, 6) is 1.96. The number of aromatic nitrogens is 1. The normalized spacial score (nSPS) is 15.3. The number of pyridine rings is 1. The first-order valence-electron chi connectivity index (χ1n) is 7.52. The van der Waals surface area contributed by atoms with E-state index in [4.69, 9.17) is 4.98 Å². The van der Waals surface area contributed by atoms with Gasteiger partial charge in [0, 0.05) is 25.5 Å². The lowest BCUT2D eigenvalue weighted by Gasteiger charge is -2.31. The number of hydrogen-bond acceptors (Lipinski definition) is 3. The molecule has 0 atom stereocenters. The first-order chi connectivity index (χ1) is 9.78. The number of hydrogen-bond donors (Lipinski definition) is 1. The van der Waals surface area contributed by atoms with Crippen LogP contribution in [0.25, 0.3) is 10.9 Å². The van der Waals surface area contributed by atoms with E-state index in [0.29, 0.717) is 0 Å². The maximum Gasteiger partial charge on any atom is 0.129 e. The SMILES string of the molecule is CNCc1cc(N(C)CC2CCC2)nc2ccccc12. The molecule has 0 radical (unpaired) electrons. The number of nitrogens with zero attached hydrogens (tertiary/aromatic N) is 2. The second-order valence-electron chi connectivity index (χ2n) is 5.86. The van der Waals surface area contributed by atoms with E-state index in [1.165, 1.54) is 30.2 Å². The van der Waals surface area contributed by atoms with Gasteiger partial charge in [0.25, 0.3) is 0 Å².